The number of carbonyl (C=O) groups is 2. The van der Waals surface area contributed by atoms with Crippen LogP contribution in [0.15, 0.2) is 48.5 Å². The fourth-order valence-corrected chi connectivity index (χ4v) is 3.35. The Kier molecular flexibility index (Phi) is 6.08. The highest BCUT2D eigenvalue weighted by molar-refractivity contribution is 6.00. The third-order valence-corrected chi connectivity index (χ3v) is 4.87. The molecule has 0 aliphatic heterocycles. The van der Waals surface area contributed by atoms with E-state index in [1.807, 2.05) is 49.4 Å². The Morgan fingerprint density at radius 1 is 0.963 bits per heavy atom. The van der Waals surface area contributed by atoms with Gasteiger partial charge in [-0.3, -0.25) is 4.79 Å². The Balaban J connectivity index is 1.63. The zero-order chi connectivity index (χ0) is 19.2. The molecule has 0 spiro atoms. The van der Waals surface area contributed by atoms with Gasteiger partial charge in [0.1, 0.15) is 0 Å². The molecule has 1 aliphatic rings. The van der Waals surface area contributed by atoms with Gasteiger partial charge in [-0.05, 0) is 56.0 Å². The van der Waals surface area contributed by atoms with Crippen molar-refractivity contribution in [2.75, 3.05) is 16.0 Å². The molecule has 2 unspecified atom stereocenters. The first-order chi connectivity index (χ1) is 13.0. The quantitative estimate of drug-likeness (QED) is 0.656. The summed E-state index contributed by atoms with van der Waals surface area (Å²) in [7, 11) is 0. The second kappa shape index (κ2) is 8.68. The first kappa shape index (κ1) is 18.9. The molecule has 3 rings (SSSR count). The first-order valence-electron chi connectivity index (χ1n) is 9.31. The molecule has 0 saturated heterocycles. The molecule has 2 aromatic carbocycles. The van der Waals surface area contributed by atoms with Gasteiger partial charge in [0.05, 0.1) is 0 Å². The second-order valence-electron chi connectivity index (χ2n) is 7.09. The van der Waals surface area contributed by atoms with E-state index in [4.69, 9.17) is 5.73 Å². The number of amides is 3. The van der Waals surface area contributed by atoms with Gasteiger partial charge in [-0.25, -0.2) is 4.79 Å². The predicted molar refractivity (Wildman–Crippen MR) is 109 cm³/mol. The van der Waals surface area contributed by atoms with Crippen molar-refractivity contribution in [3.05, 3.63) is 54.1 Å². The Labute approximate surface area is 159 Å². The molecular weight excluding hydrogens is 340 g/mol. The highest BCUT2D eigenvalue weighted by Crippen LogP contribution is 2.26. The van der Waals surface area contributed by atoms with Gasteiger partial charge in [-0.2, -0.15) is 0 Å². The lowest BCUT2D eigenvalue weighted by Gasteiger charge is -2.26. The maximum Gasteiger partial charge on any atom is 0.323 e. The average Bonchev–Trinajstić information content (AvgIpc) is 2.65. The molecule has 0 aromatic heterocycles. The van der Waals surface area contributed by atoms with E-state index in [0.717, 1.165) is 31.2 Å². The zero-order valence-corrected chi connectivity index (χ0v) is 15.5. The van der Waals surface area contributed by atoms with Crippen LogP contribution in [0, 0.1) is 12.8 Å². The summed E-state index contributed by atoms with van der Waals surface area (Å²) >= 11 is 0. The van der Waals surface area contributed by atoms with Crippen molar-refractivity contribution >= 4 is 29.0 Å². The van der Waals surface area contributed by atoms with E-state index in [9.17, 15) is 9.59 Å². The van der Waals surface area contributed by atoms with Crippen LogP contribution >= 0.6 is 0 Å². The van der Waals surface area contributed by atoms with E-state index in [0.29, 0.717) is 17.1 Å². The van der Waals surface area contributed by atoms with E-state index in [1.165, 1.54) is 0 Å². The molecule has 6 nitrogen and oxygen atoms in total. The molecule has 3 amide bonds. The number of nitrogens with two attached hydrogens (primary N) is 1. The fourth-order valence-electron chi connectivity index (χ4n) is 3.35. The third kappa shape index (κ3) is 5.31. The largest absolute Gasteiger partial charge is 0.328 e. The number of aryl methyl sites for hydroxylation is 1. The van der Waals surface area contributed by atoms with Crippen molar-refractivity contribution in [1.29, 1.82) is 0 Å². The van der Waals surface area contributed by atoms with Crippen LogP contribution in [0.4, 0.5) is 21.9 Å². The minimum Gasteiger partial charge on any atom is -0.328 e. The molecule has 2 atom stereocenters. The summed E-state index contributed by atoms with van der Waals surface area (Å²) in [6.45, 7) is 1.93. The maximum absolute atomic E-state index is 12.6. The number of benzene rings is 2. The number of hydrogen-bond donors (Lipinski definition) is 4. The molecule has 0 radical (unpaired) electrons. The summed E-state index contributed by atoms with van der Waals surface area (Å²) in [6, 6.07) is 14.5. The second-order valence-corrected chi connectivity index (χ2v) is 7.09. The molecule has 2 aromatic rings. The lowest BCUT2D eigenvalue weighted by molar-refractivity contribution is -0.120. The van der Waals surface area contributed by atoms with Crippen LogP contribution in [0.5, 0.6) is 0 Å². The molecule has 142 valence electrons. The van der Waals surface area contributed by atoms with Gasteiger partial charge in [0.2, 0.25) is 5.91 Å². The van der Waals surface area contributed by atoms with Gasteiger partial charge in [0.15, 0.2) is 0 Å². The average molecular weight is 366 g/mol. The van der Waals surface area contributed by atoms with Gasteiger partial charge in [0, 0.05) is 29.0 Å². The summed E-state index contributed by atoms with van der Waals surface area (Å²) in [6.07, 6.45) is 3.57. The number of anilines is 3. The lowest BCUT2D eigenvalue weighted by atomic mass is 9.85. The topological polar surface area (TPSA) is 96.2 Å². The lowest BCUT2D eigenvalue weighted by Crippen LogP contribution is -2.34. The number of carbonyl (C=O) groups excluding carboxylic acids is 2. The molecule has 1 fully saturated rings. The van der Waals surface area contributed by atoms with Gasteiger partial charge in [-0.15, -0.1) is 0 Å². The third-order valence-electron chi connectivity index (χ3n) is 4.87. The number of hydrogen-bond acceptors (Lipinski definition) is 3. The molecule has 0 bridgehead atoms. The van der Waals surface area contributed by atoms with E-state index >= 15 is 0 Å². The van der Waals surface area contributed by atoms with Crippen LogP contribution in [0.1, 0.15) is 31.2 Å². The monoisotopic (exact) mass is 366 g/mol. The number of nitrogens with one attached hydrogen (secondary N) is 3. The van der Waals surface area contributed by atoms with Crippen LogP contribution in [0.25, 0.3) is 0 Å². The summed E-state index contributed by atoms with van der Waals surface area (Å²) in [5.74, 6) is -0.0507. The zero-order valence-electron chi connectivity index (χ0n) is 15.5. The van der Waals surface area contributed by atoms with Crippen molar-refractivity contribution < 1.29 is 9.59 Å². The standard InChI is InChI=1S/C21H26N4O2/c1-14-10-11-18(24-21(27)23-17-8-3-2-4-9-17)13-19(14)25-20(26)15-6-5-7-16(22)12-15/h2-4,8-11,13,15-16H,5-7,12,22H2,1H3,(H,25,26)(H2,23,24,27). The number of rotatable bonds is 4. The van der Waals surface area contributed by atoms with E-state index < -0.39 is 0 Å². The highest BCUT2D eigenvalue weighted by atomic mass is 16.2. The van der Waals surface area contributed by atoms with Crippen molar-refractivity contribution in [2.45, 2.75) is 38.6 Å². The molecule has 5 N–H and O–H groups in total. The summed E-state index contributed by atoms with van der Waals surface area (Å²) in [5, 5.41) is 8.56. The van der Waals surface area contributed by atoms with E-state index in [1.54, 1.807) is 6.07 Å². The van der Waals surface area contributed by atoms with E-state index in [2.05, 4.69) is 16.0 Å². The Hall–Kier alpha value is -2.86. The van der Waals surface area contributed by atoms with Crippen molar-refractivity contribution in [2.24, 2.45) is 11.7 Å². The molecule has 1 aliphatic carbocycles. The van der Waals surface area contributed by atoms with Crippen LogP contribution in [0.3, 0.4) is 0 Å². The fraction of sp³-hybridized carbons (Fsp3) is 0.333. The number of urea groups is 1. The Morgan fingerprint density at radius 2 is 1.70 bits per heavy atom. The van der Waals surface area contributed by atoms with Crippen LogP contribution in [-0.2, 0) is 4.79 Å². The van der Waals surface area contributed by atoms with Gasteiger partial charge < -0.3 is 21.7 Å². The van der Waals surface area contributed by atoms with Crippen LogP contribution < -0.4 is 21.7 Å². The Morgan fingerprint density at radius 3 is 2.44 bits per heavy atom. The molecule has 0 heterocycles. The van der Waals surface area contributed by atoms with Crippen LogP contribution in [0.2, 0.25) is 0 Å². The summed E-state index contributed by atoms with van der Waals surface area (Å²) in [5.41, 5.74) is 8.97. The Bertz CT molecular complexity index is 807. The minimum atomic E-state index is -0.333. The van der Waals surface area contributed by atoms with Crippen molar-refractivity contribution in [3.8, 4) is 0 Å². The maximum atomic E-state index is 12.6. The first-order valence-corrected chi connectivity index (χ1v) is 9.31. The SMILES string of the molecule is Cc1ccc(NC(=O)Nc2ccccc2)cc1NC(=O)C1CCCC(N)C1. The normalized spacial score (nSPS) is 19.2. The minimum absolute atomic E-state index is 0.000799. The van der Waals surface area contributed by atoms with Gasteiger partial charge in [-0.1, -0.05) is 30.7 Å². The van der Waals surface area contributed by atoms with Crippen molar-refractivity contribution in [3.63, 3.8) is 0 Å². The highest BCUT2D eigenvalue weighted by Gasteiger charge is 2.25. The summed E-state index contributed by atoms with van der Waals surface area (Å²) in [4.78, 5) is 24.7. The summed E-state index contributed by atoms with van der Waals surface area (Å²) < 4.78 is 0. The van der Waals surface area contributed by atoms with Gasteiger partial charge in [0.25, 0.3) is 0 Å². The smallest absolute Gasteiger partial charge is 0.323 e. The van der Waals surface area contributed by atoms with Crippen LogP contribution in [-0.4, -0.2) is 18.0 Å². The van der Waals surface area contributed by atoms with E-state index in [-0.39, 0.29) is 23.9 Å². The van der Waals surface area contributed by atoms with Crippen molar-refractivity contribution in [1.82, 2.24) is 0 Å². The molecule has 27 heavy (non-hydrogen) atoms. The number of para-hydroxylation sites is 1. The molecule has 6 heteroatoms. The predicted octanol–water partition coefficient (Wildman–Crippen LogP) is 4.10. The molecular formula is C21H26N4O2. The molecule has 1 saturated carbocycles. The van der Waals surface area contributed by atoms with Gasteiger partial charge >= 0.3 is 6.03 Å².